The molecule has 0 saturated heterocycles. The first kappa shape index (κ1) is 17.7. The number of carbonyl (C=O) groups is 1. The number of hydrogen-bond acceptors (Lipinski definition) is 4. The summed E-state index contributed by atoms with van der Waals surface area (Å²) in [5, 5.41) is 10.5. The second-order valence-corrected chi connectivity index (χ2v) is 7.10. The van der Waals surface area contributed by atoms with Crippen molar-refractivity contribution in [2.45, 2.75) is 58.5 Å². The molecule has 7 heteroatoms. The molecule has 1 aliphatic carbocycles. The monoisotopic (exact) mass is 337 g/mol. The van der Waals surface area contributed by atoms with Crippen LogP contribution in [0.2, 0.25) is 0 Å². The number of nitrogens with one attached hydrogen (secondary N) is 3. The van der Waals surface area contributed by atoms with Gasteiger partial charge in [-0.1, -0.05) is 12.8 Å². The van der Waals surface area contributed by atoms with Crippen LogP contribution in [0.1, 0.15) is 48.9 Å². The van der Waals surface area contributed by atoms with Crippen molar-refractivity contribution >= 4 is 23.2 Å². The predicted octanol–water partition coefficient (Wildman–Crippen LogP) is 1.96. The summed E-state index contributed by atoms with van der Waals surface area (Å²) in [6, 6.07) is 0.387. The Morgan fingerprint density at radius 2 is 2.17 bits per heavy atom. The largest absolute Gasteiger partial charge is 0.357 e. The lowest BCUT2D eigenvalue weighted by Crippen LogP contribution is -2.40. The van der Waals surface area contributed by atoms with E-state index in [1.165, 1.54) is 17.7 Å². The van der Waals surface area contributed by atoms with E-state index in [1.54, 1.807) is 11.3 Å². The standard InChI is InChI=1S/C16H27N5OS/c1-3-17-16(20-11-15-19-10-12(2)23-15)18-9-8-14(22)21-13-6-4-5-7-13/h10,13H,3-9,11H2,1-2H3,(H,21,22)(H2,17,18,20). The number of hydrogen-bond donors (Lipinski definition) is 3. The third-order valence-electron chi connectivity index (χ3n) is 3.75. The third-order valence-corrected chi connectivity index (χ3v) is 4.65. The van der Waals surface area contributed by atoms with E-state index in [-0.39, 0.29) is 5.91 Å². The average Bonchev–Trinajstić information content (AvgIpc) is 3.16. The summed E-state index contributed by atoms with van der Waals surface area (Å²) in [7, 11) is 0. The maximum Gasteiger partial charge on any atom is 0.221 e. The summed E-state index contributed by atoms with van der Waals surface area (Å²) in [5.74, 6) is 0.852. The van der Waals surface area contributed by atoms with Crippen LogP contribution in [-0.2, 0) is 11.3 Å². The van der Waals surface area contributed by atoms with Gasteiger partial charge in [-0.25, -0.2) is 9.98 Å². The van der Waals surface area contributed by atoms with Gasteiger partial charge in [0, 0.05) is 36.6 Å². The van der Waals surface area contributed by atoms with Gasteiger partial charge in [0.25, 0.3) is 0 Å². The molecule has 23 heavy (non-hydrogen) atoms. The van der Waals surface area contributed by atoms with Crippen molar-refractivity contribution in [1.29, 1.82) is 0 Å². The quantitative estimate of drug-likeness (QED) is 0.525. The van der Waals surface area contributed by atoms with Crippen LogP contribution < -0.4 is 16.0 Å². The predicted molar refractivity (Wildman–Crippen MR) is 94.7 cm³/mol. The summed E-state index contributed by atoms with van der Waals surface area (Å²) >= 11 is 1.66. The molecule has 1 fully saturated rings. The lowest BCUT2D eigenvalue weighted by Gasteiger charge is -2.13. The second kappa shape index (κ2) is 9.50. The van der Waals surface area contributed by atoms with Crippen molar-refractivity contribution < 1.29 is 4.79 Å². The molecule has 0 aromatic carbocycles. The van der Waals surface area contributed by atoms with E-state index in [0.29, 0.717) is 25.6 Å². The van der Waals surface area contributed by atoms with Gasteiger partial charge in [0.1, 0.15) is 5.01 Å². The second-order valence-electron chi connectivity index (χ2n) is 5.79. The summed E-state index contributed by atoms with van der Waals surface area (Å²) < 4.78 is 0. The minimum Gasteiger partial charge on any atom is -0.357 e. The molecule has 1 heterocycles. The number of carbonyl (C=O) groups excluding carboxylic acids is 1. The minimum atomic E-state index is 0.121. The van der Waals surface area contributed by atoms with Crippen LogP contribution in [0.4, 0.5) is 0 Å². The number of aromatic nitrogens is 1. The molecule has 0 radical (unpaired) electrons. The highest BCUT2D eigenvalue weighted by Gasteiger charge is 2.16. The molecule has 2 rings (SSSR count). The fourth-order valence-corrected chi connectivity index (χ4v) is 3.34. The zero-order valence-corrected chi connectivity index (χ0v) is 14.8. The first-order valence-electron chi connectivity index (χ1n) is 8.40. The molecule has 0 spiro atoms. The van der Waals surface area contributed by atoms with E-state index >= 15 is 0 Å². The SMILES string of the molecule is CCNC(=NCc1ncc(C)s1)NCCC(=O)NC1CCCC1. The molecule has 1 saturated carbocycles. The van der Waals surface area contributed by atoms with Gasteiger partial charge < -0.3 is 16.0 Å². The molecule has 128 valence electrons. The van der Waals surface area contributed by atoms with E-state index < -0.39 is 0 Å². The number of guanidine groups is 1. The summed E-state index contributed by atoms with van der Waals surface area (Å²) in [4.78, 5) is 21.9. The van der Waals surface area contributed by atoms with Gasteiger partial charge in [-0.2, -0.15) is 0 Å². The molecule has 1 aromatic heterocycles. The van der Waals surface area contributed by atoms with Crippen molar-refractivity contribution in [1.82, 2.24) is 20.9 Å². The van der Waals surface area contributed by atoms with Crippen molar-refractivity contribution in [3.63, 3.8) is 0 Å². The van der Waals surface area contributed by atoms with Crippen LogP contribution in [0.5, 0.6) is 0 Å². The van der Waals surface area contributed by atoms with Crippen LogP contribution in [0, 0.1) is 6.92 Å². The summed E-state index contributed by atoms with van der Waals surface area (Å²) in [5.41, 5.74) is 0. The normalized spacial score (nSPS) is 15.7. The number of rotatable bonds is 7. The zero-order chi connectivity index (χ0) is 16.5. The average molecular weight is 337 g/mol. The smallest absolute Gasteiger partial charge is 0.221 e. The van der Waals surface area contributed by atoms with E-state index in [0.717, 1.165) is 30.4 Å². The lowest BCUT2D eigenvalue weighted by atomic mass is 10.2. The first-order chi connectivity index (χ1) is 11.2. The van der Waals surface area contributed by atoms with E-state index in [1.807, 2.05) is 20.0 Å². The molecular weight excluding hydrogens is 310 g/mol. The first-order valence-corrected chi connectivity index (χ1v) is 9.22. The van der Waals surface area contributed by atoms with E-state index in [9.17, 15) is 4.79 Å². The van der Waals surface area contributed by atoms with Crippen molar-refractivity contribution in [2.75, 3.05) is 13.1 Å². The van der Waals surface area contributed by atoms with Gasteiger partial charge in [0.2, 0.25) is 5.91 Å². The van der Waals surface area contributed by atoms with Gasteiger partial charge >= 0.3 is 0 Å². The Bertz CT molecular complexity index is 522. The Morgan fingerprint density at radius 1 is 1.39 bits per heavy atom. The molecule has 6 nitrogen and oxygen atoms in total. The molecule has 0 unspecified atom stereocenters. The molecule has 3 N–H and O–H groups in total. The molecule has 0 atom stereocenters. The van der Waals surface area contributed by atoms with Crippen LogP contribution in [0.25, 0.3) is 0 Å². The Labute approximate surface area is 142 Å². The van der Waals surface area contributed by atoms with Crippen LogP contribution in [0.15, 0.2) is 11.2 Å². The fraction of sp³-hybridized carbons (Fsp3) is 0.688. The van der Waals surface area contributed by atoms with Crippen molar-refractivity contribution in [3.05, 3.63) is 16.1 Å². The molecule has 0 bridgehead atoms. The van der Waals surface area contributed by atoms with Crippen LogP contribution >= 0.6 is 11.3 Å². The highest BCUT2D eigenvalue weighted by molar-refractivity contribution is 7.11. The van der Waals surface area contributed by atoms with Crippen molar-refractivity contribution in [2.24, 2.45) is 4.99 Å². The van der Waals surface area contributed by atoms with Gasteiger partial charge in [0.05, 0.1) is 6.54 Å². The molecule has 1 aromatic rings. The minimum absolute atomic E-state index is 0.121. The number of nitrogens with zero attached hydrogens (tertiary/aromatic N) is 2. The van der Waals surface area contributed by atoms with E-state index in [2.05, 4.69) is 25.9 Å². The topological polar surface area (TPSA) is 78.4 Å². The molecule has 0 aliphatic heterocycles. The fourth-order valence-electron chi connectivity index (χ4n) is 2.63. The van der Waals surface area contributed by atoms with Gasteiger partial charge in [-0.15, -0.1) is 11.3 Å². The highest BCUT2D eigenvalue weighted by Crippen LogP contribution is 2.17. The van der Waals surface area contributed by atoms with Gasteiger partial charge in [-0.3, -0.25) is 4.79 Å². The van der Waals surface area contributed by atoms with E-state index in [4.69, 9.17) is 0 Å². The Hall–Kier alpha value is -1.63. The molecule has 1 amide bonds. The van der Waals surface area contributed by atoms with Crippen LogP contribution in [-0.4, -0.2) is 36.0 Å². The van der Waals surface area contributed by atoms with Crippen molar-refractivity contribution in [3.8, 4) is 0 Å². The zero-order valence-electron chi connectivity index (χ0n) is 14.0. The Balaban J connectivity index is 1.71. The maximum atomic E-state index is 11.9. The highest BCUT2D eigenvalue weighted by atomic mass is 32.1. The number of aliphatic imine (C=N–C) groups is 1. The van der Waals surface area contributed by atoms with Gasteiger partial charge in [-0.05, 0) is 26.7 Å². The lowest BCUT2D eigenvalue weighted by molar-refractivity contribution is -0.121. The maximum absolute atomic E-state index is 11.9. The van der Waals surface area contributed by atoms with Crippen LogP contribution in [0.3, 0.4) is 0 Å². The third kappa shape index (κ3) is 6.56. The van der Waals surface area contributed by atoms with Gasteiger partial charge in [0.15, 0.2) is 5.96 Å². The molecular formula is C16H27N5OS. The number of aryl methyl sites for hydroxylation is 1. The number of amides is 1. The Kier molecular flexibility index (Phi) is 7.32. The summed E-state index contributed by atoms with van der Waals surface area (Å²) in [6.07, 6.45) is 7.04. The molecule has 1 aliphatic rings. The number of thiazole rings is 1. The Morgan fingerprint density at radius 3 is 2.83 bits per heavy atom. The summed E-state index contributed by atoms with van der Waals surface area (Å²) in [6.45, 7) is 6.00.